The number of rotatable bonds is 7. The van der Waals surface area contributed by atoms with Gasteiger partial charge in [-0.1, -0.05) is 18.2 Å². The van der Waals surface area contributed by atoms with Gasteiger partial charge < -0.3 is 14.2 Å². The first-order valence-corrected chi connectivity index (χ1v) is 10.4. The summed E-state index contributed by atoms with van der Waals surface area (Å²) in [4.78, 5) is 18.3. The van der Waals surface area contributed by atoms with E-state index in [-0.39, 0.29) is 11.4 Å². The van der Waals surface area contributed by atoms with Gasteiger partial charge in [0, 0.05) is 11.6 Å². The van der Waals surface area contributed by atoms with Crippen LogP contribution in [-0.4, -0.2) is 30.4 Å². The van der Waals surface area contributed by atoms with E-state index in [0.29, 0.717) is 51.8 Å². The molecule has 0 amide bonds. The summed E-state index contributed by atoms with van der Waals surface area (Å²) in [6, 6.07) is 16.8. The lowest BCUT2D eigenvalue weighted by molar-refractivity contribution is 0.340. The van der Waals surface area contributed by atoms with Crippen molar-refractivity contribution in [2.24, 2.45) is 0 Å². The van der Waals surface area contributed by atoms with E-state index in [4.69, 9.17) is 14.2 Å². The number of benzene rings is 3. The quantitative estimate of drug-likeness (QED) is 0.395. The van der Waals surface area contributed by atoms with Crippen molar-refractivity contribution in [3.63, 3.8) is 0 Å². The molecule has 0 spiro atoms. The highest BCUT2D eigenvalue weighted by atomic mass is 19.1. The lowest BCUT2D eigenvalue weighted by atomic mass is 10.1. The Morgan fingerprint density at radius 2 is 1.67 bits per heavy atom. The van der Waals surface area contributed by atoms with Gasteiger partial charge in [0.2, 0.25) is 0 Å². The van der Waals surface area contributed by atoms with Gasteiger partial charge >= 0.3 is 0 Å². The fourth-order valence-electron chi connectivity index (χ4n) is 3.52. The Balaban J connectivity index is 1.95. The van der Waals surface area contributed by atoms with Gasteiger partial charge in [0.25, 0.3) is 5.56 Å². The molecule has 0 saturated heterocycles. The largest absolute Gasteiger partial charge is 0.494 e. The Bertz CT molecular complexity index is 1380. The molecule has 0 fully saturated rings. The van der Waals surface area contributed by atoms with Crippen LogP contribution in [0.2, 0.25) is 0 Å². The van der Waals surface area contributed by atoms with Crippen LogP contribution in [0.25, 0.3) is 28.7 Å². The molecule has 1 aromatic heterocycles. The highest BCUT2D eigenvalue weighted by molar-refractivity contribution is 5.83. The van der Waals surface area contributed by atoms with Crippen molar-refractivity contribution in [2.75, 3.05) is 20.8 Å². The maximum Gasteiger partial charge on any atom is 0.266 e. The molecule has 4 rings (SSSR count). The maximum absolute atomic E-state index is 14.2. The molecule has 0 saturated carbocycles. The van der Waals surface area contributed by atoms with Crippen molar-refractivity contribution < 1.29 is 18.6 Å². The van der Waals surface area contributed by atoms with Crippen molar-refractivity contribution in [3.8, 4) is 22.9 Å². The fraction of sp³-hybridized carbons (Fsp3) is 0.154. The first-order valence-electron chi connectivity index (χ1n) is 10.4. The van der Waals surface area contributed by atoms with Crippen LogP contribution >= 0.6 is 0 Å². The number of ether oxygens (including phenoxy) is 3. The Morgan fingerprint density at radius 3 is 2.33 bits per heavy atom. The topological polar surface area (TPSA) is 62.6 Å². The molecule has 0 unspecified atom stereocenters. The van der Waals surface area contributed by atoms with E-state index in [1.54, 1.807) is 66.7 Å². The van der Waals surface area contributed by atoms with Gasteiger partial charge in [-0.15, -0.1) is 0 Å². The second-order valence-electron chi connectivity index (χ2n) is 7.12. The average Bonchev–Trinajstić information content (AvgIpc) is 2.84. The molecule has 0 aliphatic rings. The van der Waals surface area contributed by atoms with E-state index in [1.807, 2.05) is 6.92 Å². The molecule has 0 aliphatic heterocycles. The number of halogens is 1. The van der Waals surface area contributed by atoms with Crippen LogP contribution in [-0.2, 0) is 0 Å². The molecule has 0 N–H and O–H groups in total. The molecule has 0 aliphatic carbocycles. The van der Waals surface area contributed by atoms with Crippen LogP contribution in [0, 0.1) is 5.82 Å². The molecule has 3 aromatic carbocycles. The number of methoxy groups -OCH3 is 2. The smallest absolute Gasteiger partial charge is 0.266 e. The molecule has 1 heterocycles. The van der Waals surface area contributed by atoms with Crippen LogP contribution in [0.1, 0.15) is 18.3 Å². The predicted molar refractivity (Wildman–Crippen MR) is 127 cm³/mol. The summed E-state index contributed by atoms with van der Waals surface area (Å²) in [7, 11) is 3.03. The summed E-state index contributed by atoms with van der Waals surface area (Å²) in [6.45, 7) is 2.44. The standard InChI is InChI=1S/C26H23FN2O4/c1-4-33-19-12-10-18(11-13-19)29-25(14-9-17-7-5-6-8-21(17)27)28-22-16-24(32-3)23(31-2)15-20(22)26(29)30/h5-16H,4H2,1-3H3. The summed E-state index contributed by atoms with van der Waals surface area (Å²) in [5, 5.41) is 0.365. The molecule has 0 atom stereocenters. The van der Waals surface area contributed by atoms with Crippen molar-refractivity contribution in [2.45, 2.75) is 6.92 Å². The number of hydrogen-bond acceptors (Lipinski definition) is 5. The molecule has 33 heavy (non-hydrogen) atoms. The second-order valence-corrected chi connectivity index (χ2v) is 7.12. The van der Waals surface area contributed by atoms with E-state index < -0.39 is 0 Å². The van der Waals surface area contributed by atoms with E-state index in [9.17, 15) is 9.18 Å². The zero-order chi connectivity index (χ0) is 23.4. The van der Waals surface area contributed by atoms with Crippen molar-refractivity contribution in [3.05, 3.63) is 88.2 Å². The first-order chi connectivity index (χ1) is 16.0. The van der Waals surface area contributed by atoms with Gasteiger partial charge in [-0.05, 0) is 55.5 Å². The Labute approximate surface area is 190 Å². The summed E-state index contributed by atoms with van der Waals surface area (Å²) in [6.07, 6.45) is 3.21. The molecule has 4 aromatic rings. The maximum atomic E-state index is 14.2. The lowest BCUT2D eigenvalue weighted by Crippen LogP contribution is -2.22. The van der Waals surface area contributed by atoms with Gasteiger partial charge in [0.1, 0.15) is 17.4 Å². The minimum absolute atomic E-state index is 0.293. The number of hydrogen-bond donors (Lipinski definition) is 0. The summed E-state index contributed by atoms with van der Waals surface area (Å²) < 4.78 is 31.9. The minimum atomic E-state index is -0.365. The third kappa shape index (κ3) is 4.43. The highest BCUT2D eigenvalue weighted by Crippen LogP contribution is 2.31. The van der Waals surface area contributed by atoms with Gasteiger partial charge in [0.15, 0.2) is 11.5 Å². The normalized spacial score (nSPS) is 11.2. The summed E-state index contributed by atoms with van der Waals surface area (Å²) >= 11 is 0. The van der Waals surface area contributed by atoms with E-state index >= 15 is 0 Å². The third-order valence-electron chi connectivity index (χ3n) is 5.12. The van der Waals surface area contributed by atoms with Gasteiger partial charge in [-0.2, -0.15) is 0 Å². The van der Waals surface area contributed by atoms with Crippen molar-refractivity contribution in [1.29, 1.82) is 0 Å². The monoisotopic (exact) mass is 446 g/mol. The molecular weight excluding hydrogens is 423 g/mol. The third-order valence-corrected chi connectivity index (χ3v) is 5.12. The van der Waals surface area contributed by atoms with Gasteiger partial charge in [-0.25, -0.2) is 9.37 Å². The first kappa shape index (κ1) is 22.1. The molecular formula is C26H23FN2O4. The van der Waals surface area contributed by atoms with E-state index in [2.05, 4.69) is 4.98 Å². The van der Waals surface area contributed by atoms with Crippen molar-refractivity contribution >= 4 is 23.1 Å². The SMILES string of the molecule is CCOc1ccc(-n2c(C=Cc3ccccc3F)nc3cc(OC)c(OC)cc3c2=O)cc1. The average molecular weight is 446 g/mol. The summed E-state index contributed by atoms with van der Waals surface area (Å²) in [5.41, 5.74) is 1.13. The van der Waals surface area contributed by atoms with Crippen LogP contribution < -0.4 is 19.8 Å². The van der Waals surface area contributed by atoms with E-state index in [0.717, 1.165) is 0 Å². The van der Waals surface area contributed by atoms with Gasteiger partial charge in [-0.3, -0.25) is 9.36 Å². The van der Waals surface area contributed by atoms with E-state index in [1.165, 1.54) is 24.9 Å². The van der Waals surface area contributed by atoms with Crippen LogP contribution in [0.15, 0.2) is 65.5 Å². The molecule has 168 valence electrons. The molecule has 6 nitrogen and oxygen atoms in total. The highest BCUT2D eigenvalue weighted by Gasteiger charge is 2.15. The van der Waals surface area contributed by atoms with Crippen LogP contribution in [0.4, 0.5) is 4.39 Å². The number of aromatic nitrogens is 2. The zero-order valence-corrected chi connectivity index (χ0v) is 18.5. The summed E-state index contributed by atoms with van der Waals surface area (Å²) in [5.74, 6) is 1.55. The minimum Gasteiger partial charge on any atom is -0.494 e. The molecule has 0 radical (unpaired) electrons. The Morgan fingerprint density at radius 1 is 0.970 bits per heavy atom. The van der Waals surface area contributed by atoms with Crippen molar-refractivity contribution in [1.82, 2.24) is 9.55 Å². The molecule has 0 bridgehead atoms. The number of nitrogens with zero attached hydrogens (tertiary/aromatic N) is 2. The van der Waals surface area contributed by atoms with Crippen LogP contribution in [0.5, 0.6) is 17.2 Å². The fourth-order valence-corrected chi connectivity index (χ4v) is 3.52. The van der Waals surface area contributed by atoms with Crippen LogP contribution in [0.3, 0.4) is 0 Å². The zero-order valence-electron chi connectivity index (χ0n) is 18.5. The second kappa shape index (κ2) is 9.56. The Hall–Kier alpha value is -4.13. The lowest BCUT2D eigenvalue weighted by Gasteiger charge is -2.14. The molecule has 7 heteroatoms. The predicted octanol–water partition coefficient (Wildman–Crippen LogP) is 5.11. The Kier molecular flexibility index (Phi) is 6.40. The number of fused-ring (bicyclic) bond motifs is 1. The van der Waals surface area contributed by atoms with Gasteiger partial charge in [0.05, 0.1) is 37.4 Å².